The molecule has 0 saturated carbocycles. The standard InChI is InChI=1S/C34H30N2O4S/c1-4-19-40-28-18-17-23-12-7-9-15-25(23)27(28)20-29-32(37)36-31(26-16-10-13-22-11-6-8-14-24(22)26)30(33(38)39-5-2)21(3)35-34(36)41-29/h6-18,20,31H,4-5,19H2,1-3H3/b29-20+/t31-/m0/s1. The largest absolute Gasteiger partial charge is 0.493 e. The van der Waals surface area contributed by atoms with Gasteiger partial charge in [0.25, 0.3) is 5.56 Å². The molecule has 0 spiro atoms. The van der Waals surface area contributed by atoms with E-state index in [1.165, 1.54) is 11.3 Å². The average molecular weight is 563 g/mol. The van der Waals surface area contributed by atoms with E-state index in [-0.39, 0.29) is 12.2 Å². The second-order valence-electron chi connectivity index (χ2n) is 9.92. The molecule has 1 atom stereocenters. The van der Waals surface area contributed by atoms with Gasteiger partial charge in [-0.1, -0.05) is 91.1 Å². The molecular weight excluding hydrogens is 532 g/mol. The van der Waals surface area contributed by atoms with Gasteiger partial charge in [-0.25, -0.2) is 9.79 Å². The van der Waals surface area contributed by atoms with Crippen LogP contribution in [0.15, 0.2) is 99.9 Å². The lowest BCUT2D eigenvalue weighted by atomic mass is 9.91. The zero-order chi connectivity index (χ0) is 28.5. The van der Waals surface area contributed by atoms with Crippen molar-refractivity contribution in [3.05, 3.63) is 121 Å². The number of esters is 1. The minimum atomic E-state index is -0.679. The number of allylic oxidation sites excluding steroid dienone is 1. The Morgan fingerprint density at radius 1 is 0.951 bits per heavy atom. The lowest BCUT2D eigenvalue weighted by Gasteiger charge is -2.25. The van der Waals surface area contributed by atoms with E-state index in [2.05, 4.69) is 6.92 Å². The molecule has 0 amide bonds. The third kappa shape index (κ3) is 4.76. The predicted octanol–water partition coefficient (Wildman–Crippen LogP) is 5.89. The summed E-state index contributed by atoms with van der Waals surface area (Å²) in [6.45, 7) is 6.45. The Balaban J connectivity index is 1.63. The maximum absolute atomic E-state index is 14.3. The quantitative estimate of drug-likeness (QED) is 0.232. The van der Waals surface area contributed by atoms with Crippen LogP contribution in [0.5, 0.6) is 5.75 Å². The molecule has 0 bridgehead atoms. The maximum atomic E-state index is 14.3. The Bertz CT molecular complexity index is 2010. The minimum absolute atomic E-state index is 0.213. The highest BCUT2D eigenvalue weighted by Gasteiger charge is 2.34. The van der Waals surface area contributed by atoms with Crippen molar-refractivity contribution in [2.24, 2.45) is 4.99 Å². The first-order chi connectivity index (χ1) is 20.0. The number of benzene rings is 4. The zero-order valence-corrected chi connectivity index (χ0v) is 24.0. The molecule has 2 heterocycles. The fraction of sp³-hybridized carbons (Fsp3) is 0.206. The van der Waals surface area contributed by atoms with E-state index < -0.39 is 12.0 Å². The van der Waals surface area contributed by atoms with E-state index in [9.17, 15) is 9.59 Å². The molecule has 0 radical (unpaired) electrons. The number of carbonyl (C=O) groups is 1. The third-order valence-electron chi connectivity index (χ3n) is 7.30. The van der Waals surface area contributed by atoms with Gasteiger partial charge < -0.3 is 9.47 Å². The van der Waals surface area contributed by atoms with Crippen LogP contribution in [-0.4, -0.2) is 23.8 Å². The summed E-state index contributed by atoms with van der Waals surface area (Å²) in [5.74, 6) is 0.260. The van der Waals surface area contributed by atoms with Crippen molar-refractivity contribution in [1.82, 2.24) is 4.57 Å². The lowest BCUT2D eigenvalue weighted by Crippen LogP contribution is -2.40. The Kier molecular flexibility index (Phi) is 7.28. The van der Waals surface area contributed by atoms with Gasteiger partial charge >= 0.3 is 5.97 Å². The van der Waals surface area contributed by atoms with E-state index in [4.69, 9.17) is 14.5 Å². The minimum Gasteiger partial charge on any atom is -0.493 e. The van der Waals surface area contributed by atoms with Crippen molar-refractivity contribution in [3.8, 4) is 5.75 Å². The lowest BCUT2D eigenvalue weighted by molar-refractivity contribution is -0.139. The van der Waals surface area contributed by atoms with Crippen LogP contribution >= 0.6 is 11.3 Å². The second kappa shape index (κ2) is 11.2. The fourth-order valence-corrected chi connectivity index (χ4v) is 6.50. The van der Waals surface area contributed by atoms with Crippen LogP contribution in [-0.2, 0) is 9.53 Å². The SMILES string of the molecule is CCCOc1ccc2ccccc2c1/C=c1/sc2n(c1=O)[C@@H](c1cccc3ccccc13)C(C(=O)OCC)=C(C)N=2. The topological polar surface area (TPSA) is 69.9 Å². The van der Waals surface area contributed by atoms with Crippen LogP contribution in [0, 0.1) is 0 Å². The van der Waals surface area contributed by atoms with Crippen molar-refractivity contribution in [1.29, 1.82) is 0 Å². The van der Waals surface area contributed by atoms with Crippen molar-refractivity contribution >= 4 is 44.9 Å². The molecule has 1 aromatic heterocycles. The van der Waals surface area contributed by atoms with E-state index in [1.54, 1.807) is 11.5 Å². The second-order valence-corrected chi connectivity index (χ2v) is 10.9. The molecule has 0 fully saturated rings. The molecule has 6 rings (SSSR count). The van der Waals surface area contributed by atoms with E-state index in [0.717, 1.165) is 44.8 Å². The smallest absolute Gasteiger partial charge is 0.338 e. The summed E-state index contributed by atoms with van der Waals surface area (Å²) in [5.41, 5.74) is 2.41. The first-order valence-corrected chi connectivity index (χ1v) is 14.6. The summed E-state index contributed by atoms with van der Waals surface area (Å²) < 4.78 is 13.8. The summed E-state index contributed by atoms with van der Waals surface area (Å²) in [7, 11) is 0. The van der Waals surface area contributed by atoms with Crippen LogP contribution in [0.3, 0.4) is 0 Å². The number of carbonyl (C=O) groups excluding carboxylic acids is 1. The van der Waals surface area contributed by atoms with E-state index in [1.807, 2.05) is 91.9 Å². The highest BCUT2D eigenvalue weighted by molar-refractivity contribution is 7.07. The highest BCUT2D eigenvalue weighted by atomic mass is 32.1. The van der Waals surface area contributed by atoms with Gasteiger partial charge in [0.05, 0.1) is 35.1 Å². The molecule has 1 aliphatic rings. The number of hydrogen-bond donors (Lipinski definition) is 0. The van der Waals surface area contributed by atoms with Gasteiger partial charge in [-0.3, -0.25) is 9.36 Å². The summed E-state index contributed by atoms with van der Waals surface area (Å²) in [4.78, 5) is 33.0. The Labute approximate surface area is 241 Å². The first kappa shape index (κ1) is 26.7. The van der Waals surface area contributed by atoms with Gasteiger partial charge in [-0.05, 0) is 59.5 Å². The van der Waals surface area contributed by atoms with E-state index in [0.29, 0.717) is 27.2 Å². The Morgan fingerprint density at radius 2 is 1.66 bits per heavy atom. The molecule has 0 aliphatic carbocycles. The molecule has 41 heavy (non-hydrogen) atoms. The Morgan fingerprint density at radius 3 is 2.41 bits per heavy atom. The molecule has 1 aliphatic heterocycles. The van der Waals surface area contributed by atoms with Crippen molar-refractivity contribution in [2.45, 2.75) is 33.2 Å². The van der Waals surface area contributed by atoms with Gasteiger partial charge in [-0.15, -0.1) is 0 Å². The molecule has 0 unspecified atom stereocenters. The molecule has 4 aromatic carbocycles. The fourth-order valence-electron chi connectivity index (χ4n) is 5.47. The molecule has 5 aromatic rings. The number of ether oxygens (including phenoxy) is 2. The van der Waals surface area contributed by atoms with E-state index >= 15 is 0 Å². The highest BCUT2D eigenvalue weighted by Crippen LogP contribution is 2.35. The normalized spacial score (nSPS) is 15.2. The van der Waals surface area contributed by atoms with Crippen LogP contribution in [0.4, 0.5) is 0 Å². The van der Waals surface area contributed by atoms with Gasteiger partial charge in [-0.2, -0.15) is 0 Å². The van der Waals surface area contributed by atoms with Crippen molar-refractivity contribution < 1.29 is 14.3 Å². The molecular formula is C34H30N2O4S. The summed E-state index contributed by atoms with van der Waals surface area (Å²) in [6, 6.07) is 25.3. The number of nitrogens with zero attached hydrogens (tertiary/aromatic N) is 2. The molecule has 0 N–H and O–H groups in total. The van der Waals surface area contributed by atoms with Crippen LogP contribution < -0.4 is 19.6 Å². The molecule has 6 nitrogen and oxygen atoms in total. The van der Waals surface area contributed by atoms with Crippen molar-refractivity contribution in [2.75, 3.05) is 13.2 Å². The maximum Gasteiger partial charge on any atom is 0.338 e. The summed E-state index contributed by atoms with van der Waals surface area (Å²) >= 11 is 1.32. The molecule has 0 saturated heterocycles. The number of fused-ring (bicyclic) bond motifs is 3. The first-order valence-electron chi connectivity index (χ1n) is 13.8. The summed E-state index contributed by atoms with van der Waals surface area (Å²) in [5, 5.41) is 4.05. The molecule has 7 heteroatoms. The van der Waals surface area contributed by atoms with Gasteiger partial charge in [0.2, 0.25) is 0 Å². The predicted molar refractivity (Wildman–Crippen MR) is 164 cm³/mol. The van der Waals surface area contributed by atoms with Crippen LogP contribution in [0.1, 0.15) is 44.4 Å². The van der Waals surface area contributed by atoms with Gasteiger partial charge in [0.15, 0.2) is 4.80 Å². The average Bonchev–Trinajstić information content (AvgIpc) is 3.29. The number of thiazole rings is 1. The van der Waals surface area contributed by atoms with Gasteiger partial charge in [0.1, 0.15) is 5.75 Å². The number of hydrogen-bond acceptors (Lipinski definition) is 6. The van der Waals surface area contributed by atoms with Crippen LogP contribution in [0.25, 0.3) is 27.6 Å². The van der Waals surface area contributed by atoms with Gasteiger partial charge in [0, 0.05) is 5.56 Å². The Hall–Kier alpha value is -4.49. The number of rotatable bonds is 7. The third-order valence-corrected chi connectivity index (χ3v) is 8.29. The number of aromatic nitrogens is 1. The van der Waals surface area contributed by atoms with Crippen molar-refractivity contribution in [3.63, 3.8) is 0 Å². The molecule has 206 valence electrons. The van der Waals surface area contributed by atoms with Crippen LogP contribution in [0.2, 0.25) is 0 Å². The summed E-state index contributed by atoms with van der Waals surface area (Å²) in [6.07, 6.45) is 2.77. The monoisotopic (exact) mass is 562 g/mol. The zero-order valence-electron chi connectivity index (χ0n) is 23.2.